The molecule has 2 rings (SSSR count). The number of ether oxygens (including phenoxy) is 2. The Balaban J connectivity index is 2.44. The van der Waals surface area contributed by atoms with Gasteiger partial charge in [-0.05, 0) is 42.0 Å². The second kappa shape index (κ2) is 8.41. The Morgan fingerprint density at radius 2 is 1.81 bits per heavy atom. The Bertz CT molecular complexity index is 826. The highest BCUT2D eigenvalue weighted by atomic mass is 35.5. The Labute approximate surface area is 157 Å². The number of benzene rings is 2. The molecule has 0 aliphatic rings. The number of nitrogens with one attached hydrogen (secondary N) is 1. The van der Waals surface area contributed by atoms with Crippen molar-refractivity contribution in [1.29, 1.82) is 5.26 Å². The smallest absolute Gasteiger partial charge is 0.333 e. The number of methoxy groups -OCH3 is 2. The summed E-state index contributed by atoms with van der Waals surface area (Å²) in [6, 6.07) is 16.3. The molecule has 0 aliphatic heterocycles. The maximum absolute atomic E-state index is 11.8. The zero-order valence-corrected chi connectivity index (χ0v) is 15.3. The molecule has 0 aliphatic carbocycles. The summed E-state index contributed by atoms with van der Waals surface area (Å²) in [5.74, 6) is 0.138. The Morgan fingerprint density at radius 1 is 1.19 bits per heavy atom. The fourth-order valence-corrected chi connectivity index (χ4v) is 2.67. The van der Waals surface area contributed by atoms with Crippen LogP contribution in [0.3, 0.4) is 0 Å². The number of esters is 1. The Hall–Kier alpha value is -2.97. The van der Waals surface area contributed by atoms with E-state index in [9.17, 15) is 10.1 Å². The summed E-state index contributed by atoms with van der Waals surface area (Å²) in [4.78, 5) is 11.8. The first-order chi connectivity index (χ1) is 12.4. The zero-order valence-electron chi connectivity index (χ0n) is 14.6. The van der Waals surface area contributed by atoms with Crippen LogP contribution in [0.4, 0.5) is 5.69 Å². The van der Waals surface area contributed by atoms with Gasteiger partial charge in [0.2, 0.25) is 0 Å². The lowest BCUT2D eigenvalue weighted by Gasteiger charge is -2.30. The Kier molecular flexibility index (Phi) is 6.26. The molecule has 0 heterocycles. The van der Waals surface area contributed by atoms with E-state index in [2.05, 4.69) is 18.0 Å². The number of carbonyl (C=O) groups excluding carboxylic acids is 1. The van der Waals surface area contributed by atoms with Crippen molar-refractivity contribution in [2.75, 3.05) is 19.5 Å². The molecule has 26 heavy (non-hydrogen) atoms. The summed E-state index contributed by atoms with van der Waals surface area (Å²) in [7, 11) is 2.86. The van der Waals surface area contributed by atoms with Crippen LogP contribution < -0.4 is 10.1 Å². The number of nitrogens with zero attached hydrogens (tertiary/aromatic N) is 1. The van der Waals surface area contributed by atoms with Crippen molar-refractivity contribution in [2.45, 2.75) is 12.0 Å². The quantitative estimate of drug-likeness (QED) is 0.581. The average Bonchev–Trinajstić information content (AvgIpc) is 2.67. The van der Waals surface area contributed by atoms with Gasteiger partial charge in [0, 0.05) is 22.7 Å². The summed E-state index contributed by atoms with van der Waals surface area (Å²) in [6.07, 6.45) is 0.0455. The van der Waals surface area contributed by atoms with Gasteiger partial charge >= 0.3 is 5.97 Å². The standard InChI is InChI=1S/C20H19ClN2O3/c1-14(19(24)26-3)12-20(13-22,15-4-6-16(21)7-5-15)23-17-8-10-18(25-2)11-9-17/h4-11,23H,1,12H2,2-3H3. The first kappa shape index (κ1) is 19.4. The van der Waals surface area contributed by atoms with Gasteiger partial charge in [-0.2, -0.15) is 5.26 Å². The molecule has 0 fully saturated rings. The maximum atomic E-state index is 11.8. The molecular formula is C20H19ClN2O3. The van der Waals surface area contributed by atoms with Crippen molar-refractivity contribution in [3.63, 3.8) is 0 Å². The van der Waals surface area contributed by atoms with E-state index in [1.165, 1.54) is 7.11 Å². The summed E-state index contributed by atoms with van der Waals surface area (Å²) < 4.78 is 9.88. The van der Waals surface area contributed by atoms with Crippen LogP contribution in [0, 0.1) is 11.3 Å². The van der Waals surface area contributed by atoms with E-state index in [-0.39, 0.29) is 12.0 Å². The van der Waals surface area contributed by atoms with E-state index in [4.69, 9.17) is 21.1 Å². The molecule has 0 radical (unpaired) electrons. The van der Waals surface area contributed by atoms with Gasteiger partial charge < -0.3 is 14.8 Å². The highest BCUT2D eigenvalue weighted by Crippen LogP contribution is 2.33. The minimum absolute atomic E-state index is 0.0455. The lowest BCUT2D eigenvalue weighted by molar-refractivity contribution is -0.136. The summed E-state index contributed by atoms with van der Waals surface area (Å²) >= 11 is 5.97. The fraction of sp³-hybridized carbons (Fsp3) is 0.200. The highest BCUT2D eigenvalue weighted by Gasteiger charge is 2.35. The third-order valence-corrected chi connectivity index (χ3v) is 4.18. The molecule has 0 saturated heterocycles. The summed E-state index contributed by atoms with van der Waals surface area (Å²) in [5, 5.41) is 13.8. The molecule has 134 valence electrons. The van der Waals surface area contributed by atoms with E-state index >= 15 is 0 Å². The molecular weight excluding hydrogens is 352 g/mol. The first-order valence-corrected chi connectivity index (χ1v) is 8.17. The number of rotatable bonds is 7. The van der Waals surface area contributed by atoms with Crippen LogP contribution in [-0.2, 0) is 15.1 Å². The SMILES string of the molecule is C=C(CC(C#N)(Nc1ccc(OC)cc1)c1ccc(Cl)cc1)C(=O)OC. The number of hydrogen-bond acceptors (Lipinski definition) is 5. The van der Waals surface area contributed by atoms with Gasteiger partial charge in [0.1, 0.15) is 5.75 Å². The van der Waals surface area contributed by atoms with Crippen molar-refractivity contribution >= 4 is 23.3 Å². The molecule has 1 atom stereocenters. The van der Waals surface area contributed by atoms with Crippen LogP contribution in [0.5, 0.6) is 5.75 Å². The van der Waals surface area contributed by atoms with Crippen LogP contribution in [-0.4, -0.2) is 20.2 Å². The Morgan fingerprint density at radius 3 is 2.31 bits per heavy atom. The lowest BCUT2D eigenvalue weighted by Crippen LogP contribution is -2.35. The average molecular weight is 371 g/mol. The zero-order chi connectivity index (χ0) is 19.2. The van der Waals surface area contributed by atoms with Crippen LogP contribution in [0.1, 0.15) is 12.0 Å². The topological polar surface area (TPSA) is 71.3 Å². The van der Waals surface area contributed by atoms with E-state index in [1.807, 2.05) is 0 Å². The minimum atomic E-state index is -1.22. The largest absolute Gasteiger partial charge is 0.497 e. The molecule has 5 nitrogen and oxygen atoms in total. The van der Waals surface area contributed by atoms with Gasteiger partial charge in [0.05, 0.1) is 20.3 Å². The van der Waals surface area contributed by atoms with Gasteiger partial charge in [-0.1, -0.05) is 30.3 Å². The van der Waals surface area contributed by atoms with Crippen molar-refractivity contribution in [1.82, 2.24) is 0 Å². The third-order valence-electron chi connectivity index (χ3n) is 3.93. The molecule has 2 aromatic rings. The number of halogens is 1. The van der Waals surface area contributed by atoms with E-state index < -0.39 is 11.5 Å². The second-order valence-electron chi connectivity index (χ2n) is 5.65. The molecule has 6 heteroatoms. The van der Waals surface area contributed by atoms with Gasteiger partial charge in [-0.25, -0.2) is 4.79 Å². The van der Waals surface area contributed by atoms with Crippen LogP contribution in [0.2, 0.25) is 5.02 Å². The first-order valence-electron chi connectivity index (χ1n) is 7.79. The minimum Gasteiger partial charge on any atom is -0.497 e. The van der Waals surface area contributed by atoms with Crippen LogP contribution in [0.25, 0.3) is 0 Å². The molecule has 0 spiro atoms. The van der Waals surface area contributed by atoms with E-state index in [0.717, 1.165) is 0 Å². The van der Waals surface area contributed by atoms with E-state index in [1.54, 1.807) is 55.6 Å². The second-order valence-corrected chi connectivity index (χ2v) is 6.09. The van der Waals surface area contributed by atoms with Gasteiger partial charge in [0.15, 0.2) is 5.54 Å². The summed E-state index contributed by atoms with van der Waals surface area (Å²) in [5.41, 5.74) is 0.319. The predicted molar refractivity (Wildman–Crippen MR) is 101 cm³/mol. The number of nitriles is 1. The number of carbonyl (C=O) groups is 1. The normalized spacial score (nSPS) is 12.4. The van der Waals surface area contributed by atoms with Crippen LogP contribution in [0.15, 0.2) is 60.7 Å². The third kappa shape index (κ3) is 4.35. The molecule has 0 bridgehead atoms. The number of hydrogen-bond donors (Lipinski definition) is 1. The predicted octanol–water partition coefficient (Wildman–Crippen LogP) is 4.30. The summed E-state index contributed by atoms with van der Waals surface area (Å²) in [6.45, 7) is 3.76. The van der Waals surface area contributed by atoms with Crippen molar-refractivity contribution in [3.8, 4) is 11.8 Å². The molecule has 2 aromatic carbocycles. The van der Waals surface area contributed by atoms with Crippen molar-refractivity contribution in [3.05, 3.63) is 71.3 Å². The van der Waals surface area contributed by atoms with E-state index in [0.29, 0.717) is 22.0 Å². The lowest BCUT2D eigenvalue weighted by atomic mass is 9.84. The molecule has 1 N–H and O–H groups in total. The number of anilines is 1. The van der Waals surface area contributed by atoms with Crippen molar-refractivity contribution in [2.24, 2.45) is 0 Å². The molecule has 0 amide bonds. The maximum Gasteiger partial charge on any atom is 0.333 e. The van der Waals surface area contributed by atoms with Crippen molar-refractivity contribution < 1.29 is 14.3 Å². The van der Waals surface area contributed by atoms with Gasteiger partial charge in [-0.15, -0.1) is 0 Å². The molecule has 0 aromatic heterocycles. The highest BCUT2D eigenvalue weighted by molar-refractivity contribution is 6.30. The van der Waals surface area contributed by atoms with Gasteiger partial charge in [0.25, 0.3) is 0 Å². The van der Waals surface area contributed by atoms with Crippen LogP contribution >= 0.6 is 11.6 Å². The fourth-order valence-electron chi connectivity index (χ4n) is 2.54. The monoisotopic (exact) mass is 370 g/mol. The van der Waals surface area contributed by atoms with Gasteiger partial charge in [-0.3, -0.25) is 0 Å². The molecule has 1 unspecified atom stereocenters. The molecule has 0 saturated carbocycles.